The van der Waals surface area contributed by atoms with Crippen LogP contribution >= 0.6 is 23.2 Å². The van der Waals surface area contributed by atoms with Gasteiger partial charge in [-0.1, -0.05) is 41.4 Å². The maximum Gasteiger partial charge on any atom is 0.268 e. The lowest BCUT2D eigenvalue weighted by Crippen LogP contribution is -2.23. The van der Waals surface area contributed by atoms with E-state index in [1.807, 2.05) is 18.2 Å². The lowest BCUT2D eigenvalue weighted by Gasteiger charge is -2.05. The number of benzene rings is 1. The Morgan fingerprint density at radius 2 is 2.06 bits per heavy atom. The summed E-state index contributed by atoms with van der Waals surface area (Å²) in [6, 6.07) is 8.94. The summed E-state index contributed by atoms with van der Waals surface area (Å²) in [7, 11) is 0. The summed E-state index contributed by atoms with van der Waals surface area (Å²) in [5.74, 6) is -0.211. The zero-order chi connectivity index (χ0) is 12.3. The molecule has 1 aromatic heterocycles. The molecular formula is C12H10Cl2N2O. The molecule has 1 amide bonds. The summed E-state index contributed by atoms with van der Waals surface area (Å²) in [5, 5.41) is 3.90. The van der Waals surface area contributed by atoms with Crippen molar-refractivity contribution in [3.05, 3.63) is 57.8 Å². The molecule has 88 valence electrons. The van der Waals surface area contributed by atoms with E-state index < -0.39 is 0 Å². The van der Waals surface area contributed by atoms with Gasteiger partial charge in [-0.25, -0.2) is 0 Å². The number of halogens is 2. The zero-order valence-corrected chi connectivity index (χ0v) is 10.3. The number of carbonyl (C=O) groups excluding carboxylic acids is 1. The fraction of sp³-hybridized carbons (Fsp3) is 0.0833. The van der Waals surface area contributed by atoms with Crippen LogP contribution < -0.4 is 5.32 Å². The molecule has 0 saturated heterocycles. The van der Waals surface area contributed by atoms with Gasteiger partial charge in [0.05, 0.1) is 5.02 Å². The Morgan fingerprint density at radius 3 is 2.71 bits per heavy atom. The number of aromatic nitrogens is 1. The van der Waals surface area contributed by atoms with E-state index in [-0.39, 0.29) is 5.91 Å². The molecule has 0 unspecified atom stereocenters. The monoisotopic (exact) mass is 268 g/mol. The van der Waals surface area contributed by atoms with Crippen LogP contribution in [0.1, 0.15) is 16.1 Å². The molecule has 0 spiro atoms. The van der Waals surface area contributed by atoms with Crippen LogP contribution in [0.5, 0.6) is 0 Å². The summed E-state index contributed by atoms with van der Waals surface area (Å²) in [6.45, 7) is 0.384. The lowest BCUT2D eigenvalue weighted by atomic mass is 10.2. The van der Waals surface area contributed by atoms with E-state index in [0.29, 0.717) is 22.3 Å². The minimum atomic E-state index is -0.211. The van der Waals surface area contributed by atoms with Gasteiger partial charge in [0, 0.05) is 17.8 Å². The molecular weight excluding hydrogens is 259 g/mol. The second kappa shape index (κ2) is 5.25. The van der Waals surface area contributed by atoms with E-state index in [1.165, 1.54) is 0 Å². The van der Waals surface area contributed by atoms with Crippen molar-refractivity contribution in [1.29, 1.82) is 0 Å². The maximum absolute atomic E-state index is 11.7. The molecule has 2 aromatic rings. The van der Waals surface area contributed by atoms with Crippen LogP contribution in [0.3, 0.4) is 0 Å². The molecule has 5 heteroatoms. The van der Waals surface area contributed by atoms with Crippen LogP contribution in [0.2, 0.25) is 10.0 Å². The fourth-order valence-electron chi connectivity index (χ4n) is 1.41. The van der Waals surface area contributed by atoms with Crippen LogP contribution in [0.4, 0.5) is 0 Å². The zero-order valence-electron chi connectivity index (χ0n) is 8.84. The maximum atomic E-state index is 11.7. The van der Waals surface area contributed by atoms with E-state index in [9.17, 15) is 4.79 Å². The van der Waals surface area contributed by atoms with Crippen LogP contribution in [-0.2, 0) is 6.54 Å². The number of H-pyrrole nitrogens is 1. The van der Waals surface area contributed by atoms with Crippen LogP contribution in [0.15, 0.2) is 36.5 Å². The second-order valence-corrected chi connectivity index (χ2v) is 4.35. The molecule has 0 aliphatic rings. The van der Waals surface area contributed by atoms with Crippen LogP contribution in [0.25, 0.3) is 0 Å². The number of hydrogen-bond donors (Lipinski definition) is 2. The summed E-state index contributed by atoms with van der Waals surface area (Å²) in [6.07, 6.45) is 1.56. The third-order valence-electron chi connectivity index (χ3n) is 2.29. The number of amides is 1. The van der Waals surface area contributed by atoms with Gasteiger partial charge in [-0.05, 0) is 17.7 Å². The van der Waals surface area contributed by atoms with Gasteiger partial charge in [-0.3, -0.25) is 4.79 Å². The Morgan fingerprint density at radius 1 is 1.29 bits per heavy atom. The highest BCUT2D eigenvalue weighted by atomic mass is 35.5. The Labute approximate surface area is 109 Å². The van der Waals surface area contributed by atoms with Crippen LogP contribution in [0, 0.1) is 0 Å². The molecule has 0 fully saturated rings. The van der Waals surface area contributed by atoms with E-state index in [4.69, 9.17) is 23.2 Å². The minimum absolute atomic E-state index is 0.211. The van der Waals surface area contributed by atoms with Gasteiger partial charge < -0.3 is 10.3 Å². The Balaban J connectivity index is 1.99. The third-order valence-corrected chi connectivity index (χ3v) is 2.88. The van der Waals surface area contributed by atoms with Gasteiger partial charge in [0.15, 0.2) is 0 Å². The molecule has 1 aromatic carbocycles. The van der Waals surface area contributed by atoms with Gasteiger partial charge in [0.2, 0.25) is 0 Å². The van der Waals surface area contributed by atoms with Crippen molar-refractivity contribution in [2.75, 3.05) is 0 Å². The van der Waals surface area contributed by atoms with Crippen molar-refractivity contribution >= 4 is 29.1 Å². The van der Waals surface area contributed by atoms with Gasteiger partial charge in [0.1, 0.15) is 5.69 Å². The van der Waals surface area contributed by atoms with Crippen molar-refractivity contribution in [3.63, 3.8) is 0 Å². The highest BCUT2D eigenvalue weighted by molar-refractivity contribution is 6.31. The average Bonchev–Trinajstić information content (AvgIpc) is 2.74. The quantitative estimate of drug-likeness (QED) is 0.882. The number of rotatable bonds is 3. The molecule has 0 aliphatic carbocycles. The first-order chi connectivity index (χ1) is 8.16. The van der Waals surface area contributed by atoms with Crippen molar-refractivity contribution in [2.24, 2.45) is 0 Å². The normalized spacial score (nSPS) is 10.2. The number of carbonyl (C=O) groups is 1. The van der Waals surface area contributed by atoms with Crippen LogP contribution in [-0.4, -0.2) is 10.9 Å². The lowest BCUT2D eigenvalue weighted by molar-refractivity contribution is 0.0946. The summed E-state index contributed by atoms with van der Waals surface area (Å²) in [4.78, 5) is 14.5. The average molecular weight is 269 g/mol. The molecule has 1 heterocycles. The Kier molecular flexibility index (Phi) is 3.71. The van der Waals surface area contributed by atoms with Crippen molar-refractivity contribution in [2.45, 2.75) is 6.54 Å². The minimum Gasteiger partial charge on any atom is -0.356 e. The molecule has 17 heavy (non-hydrogen) atoms. The first-order valence-electron chi connectivity index (χ1n) is 5.02. The Hall–Kier alpha value is -1.45. The predicted octanol–water partition coefficient (Wildman–Crippen LogP) is 3.25. The molecule has 0 aliphatic heterocycles. The predicted molar refractivity (Wildman–Crippen MR) is 68.4 cm³/mol. The molecule has 0 bridgehead atoms. The largest absolute Gasteiger partial charge is 0.356 e. The smallest absolute Gasteiger partial charge is 0.268 e. The van der Waals surface area contributed by atoms with E-state index >= 15 is 0 Å². The van der Waals surface area contributed by atoms with Gasteiger partial charge >= 0.3 is 0 Å². The first-order valence-corrected chi connectivity index (χ1v) is 5.78. The highest BCUT2D eigenvalue weighted by Gasteiger charge is 2.08. The fourth-order valence-corrected chi connectivity index (χ4v) is 1.78. The molecule has 2 N–H and O–H groups in total. The van der Waals surface area contributed by atoms with Gasteiger partial charge in [0.25, 0.3) is 5.91 Å². The van der Waals surface area contributed by atoms with E-state index in [1.54, 1.807) is 18.3 Å². The topological polar surface area (TPSA) is 44.9 Å². The molecule has 0 saturated carbocycles. The second-order valence-electron chi connectivity index (χ2n) is 3.51. The van der Waals surface area contributed by atoms with Gasteiger partial charge in [-0.2, -0.15) is 0 Å². The third kappa shape index (κ3) is 3.02. The first kappa shape index (κ1) is 12.0. The van der Waals surface area contributed by atoms with Gasteiger partial charge in [-0.15, -0.1) is 0 Å². The van der Waals surface area contributed by atoms with E-state index in [2.05, 4.69) is 10.3 Å². The Bertz CT molecular complexity index is 537. The van der Waals surface area contributed by atoms with Crippen molar-refractivity contribution in [1.82, 2.24) is 10.3 Å². The highest BCUT2D eigenvalue weighted by Crippen LogP contribution is 2.15. The number of nitrogens with one attached hydrogen (secondary N) is 2. The standard InChI is InChI=1S/C12H10Cl2N2O/c13-9-5-11(15-7-9)12(17)16-6-8-3-1-2-4-10(8)14/h1-5,7,15H,6H2,(H,16,17). The molecule has 3 nitrogen and oxygen atoms in total. The molecule has 0 radical (unpaired) electrons. The summed E-state index contributed by atoms with van der Waals surface area (Å²) >= 11 is 11.7. The summed E-state index contributed by atoms with van der Waals surface area (Å²) in [5.41, 5.74) is 1.31. The SMILES string of the molecule is O=C(NCc1ccccc1Cl)c1cc(Cl)c[nH]1. The molecule has 2 rings (SSSR count). The number of hydrogen-bond acceptors (Lipinski definition) is 1. The molecule has 0 atom stereocenters. The van der Waals surface area contributed by atoms with Crippen molar-refractivity contribution < 1.29 is 4.79 Å². The van der Waals surface area contributed by atoms with E-state index in [0.717, 1.165) is 5.56 Å². The summed E-state index contributed by atoms with van der Waals surface area (Å²) < 4.78 is 0. The number of aromatic amines is 1. The van der Waals surface area contributed by atoms with Crippen molar-refractivity contribution in [3.8, 4) is 0 Å².